The van der Waals surface area contributed by atoms with E-state index in [0.717, 1.165) is 43.7 Å². The molecule has 0 radical (unpaired) electrons. The summed E-state index contributed by atoms with van der Waals surface area (Å²) in [5.41, 5.74) is 1.22. The first-order chi connectivity index (χ1) is 14.3. The van der Waals surface area contributed by atoms with Crippen molar-refractivity contribution in [3.63, 3.8) is 0 Å². The molecular weight excluding hydrogens is 368 g/mol. The minimum Gasteiger partial charge on any atom is -0.349 e. The van der Waals surface area contributed by atoms with E-state index in [1.165, 1.54) is 69.9 Å². The zero-order chi connectivity index (χ0) is 22.4. The van der Waals surface area contributed by atoms with Crippen LogP contribution < -0.4 is 5.32 Å². The minimum absolute atomic E-state index is 0.106. The van der Waals surface area contributed by atoms with E-state index >= 15 is 0 Å². The highest BCUT2D eigenvalue weighted by atomic mass is 16.1. The second-order valence-electron chi connectivity index (χ2n) is 10.6. The number of hydrogen-bond acceptors (Lipinski definition) is 2. The molecule has 0 aromatic heterocycles. The summed E-state index contributed by atoms with van der Waals surface area (Å²) in [5.74, 6) is 2.64. The van der Waals surface area contributed by atoms with Gasteiger partial charge in [0.2, 0.25) is 5.91 Å². The van der Waals surface area contributed by atoms with Crippen molar-refractivity contribution >= 4 is 5.91 Å². The normalized spacial score (nSPS) is 20.4. The molecule has 1 aliphatic heterocycles. The molecule has 1 aliphatic rings. The number of carbonyl (C=O) groups is 1. The molecule has 1 saturated heterocycles. The number of rotatable bonds is 15. The second kappa shape index (κ2) is 15.9. The van der Waals surface area contributed by atoms with Crippen LogP contribution in [0.2, 0.25) is 0 Å². The summed E-state index contributed by atoms with van der Waals surface area (Å²) in [6, 6.07) is 0.322. The van der Waals surface area contributed by atoms with Gasteiger partial charge in [-0.05, 0) is 63.5 Å². The van der Waals surface area contributed by atoms with E-state index in [1.54, 1.807) is 0 Å². The summed E-state index contributed by atoms with van der Waals surface area (Å²) in [4.78, 5) is 14.8. The third-order valence-corrected chi connectivity index (χ3v) is 6.82. The van der Waals surface area contributed by atoms with E-state index < -0.39 is 0 Å². The predicted molar refractivity (Wildman–Crippen MR) is 132 cm³/mol. The van der Waals surface area contributed by atoms with Gasteiger partial charge in [0.05, 0.1) is 0 Å². The molecule has 1 heterocycles. The molecule has 0 aliphatic carbocycles. The fourth-order valence-corrected chi connectivity index (χ4v) is 4.71. The topological polar surface area (TPSA) is 32.3 Å². The van der Waals surface area contributed by atoms with E-state index in [9.17, 15) is 4.79 Å². The first-order valence-electron chi connectivity index (χ1n) is 13.0. The largest absolute Gasteiger partial charge is 0.349 e. The maximum atomic E-state index is 12.3. The summed E-state index contributed by atoms with van der Waals surface area (Å²) in [6.45, 7) is 17.0. The van der Waals surface area contributed by atoms with Crippen molar-refractivity contribution in [3.05, 3.63) is 11.6 Å². The van der Waals surface area contributed by atoms with Gasteiger partial charge in [-0.15, -0.1) is 0 Å². The minimum atomic E-state index is 0.106. The molecule has 3 nitrogen and oxygen atoms in total. The van der Waals surface area contributed by atoms with Crippen LogP contribution in [0.4, 0.5) is 0 Å². The molecule has 1 amide bonds. The average molecular weight is 421 g/mol. The van der Waals surface area contributed by atoms with Crippen molar-refractivity contribution in [1.82, 2.24) is 10.2 Å². The summed E-state index contributed by atoms with van der Waals surface area (Å²) in [7, 11) is 0. The lowest BCUT2D eigenvalue weighted by Crippen LogP contribution is -2.47. The Balaban J connectivity index is 2.12. The number of nitrogens with zero attached hydrogens (tertiary/aromatic N) is 1. The van der Waals surface area contributed by atoms with Crippen molar-refractivity contribution < 1.29 is 4.79 Å². The summed E-state index contributed by atoms with van der Waals surface area (Å²) >= 11 is 0. The average Bonchev–Trinajstić information content (AvgIpc) is 2.67. The van der Waals surface area contributed by atoms with Gasteiger partial charge in [-0.1, -0.05) is 85.1 Å². The Kier molecular flexibility index (Phi) is 14.4. The van der Waals surface area contributed by atoms with E-state index in [4.69, 9.17) is 0 Å². The van der Waals surface area contributed by atoms with Crippen molar-refractivity contribution in [2.24, 2.45) is 17.8 Å². The highest BCUT2D eigenvalue weighted by Gasteiger charge is 2.19. The SMILES string of the molecule is CCN1CCCC(NC(=O)/C=C(\C)CCCC(C)CCCC(C)CCCC(C)C)C1. The summed E-state index contributed by atoms with van der Waals surface area (Å²) in [6.07, 6.45) is 16.0. The molecule has 0 spiro atoms. The molecule has 3 atom stereocenters. The highest BCUT2D eigenvalue weighted by Crippen LogP contribution is 2.22. The van der Waals surface area contributed by atoms with E-state index in [0.29, 0.717) is 6.04 Å². The zero-order valence-corrected chi connectivity index (χ0v) is 21.1. The molecule has 1 rings (SSSR count). The first kappa shape index (κ1) is 27.2. The van der Waals surface area contributed by atoms with Gasteiger partial charge in [-0.3, -0.25) is 4.79 Å². The Hall–Kier alpha value is -0.830. The smallest absolute Gasteiger partial charge is 0.244 e. The third kappa shape index (κ3) is 13.5. The maximum absolute atomic E-state index is 12.3. The molecule has 0 saturated carbocycles. The van der Waals surface area contributed by atoms with E-state index in [1.807, 2.05) is 6.08 Å². The number of hydrogen-bond donors (Lipinski definition) is 1. The number of carbonyl (C=O) groups excluding carboxylic acids is 1. The Morgan fingerprint density at radius 1 is 1.00 bits per heavy atom. The lowest BCUT2D eigenvalue weighted by atomic mass is 9.91. The van der Waals surface area contributed by atoms with Crippen LogP contribution in [0, 0.1) is 17.8 Å². The molecule has 0 aromatic rings. The summed E-state index contributed by atoms with van der Waals surface area (Å²) < 4.78 is 0. The van der Waals surface area contributed by atoms with E-state index in [2.05, 4.69) is 51.8 Å². The Morgan fingerprint density at radius 3 is 2.20 bits per heavy atom. The van der Waals surface area contributed by atoms with Gasteiger partial charge in [-0.25, -0.2) is 0 Å². The first-order valence-corrected chi connectivity index (χ1v) is 13.0. The van der Waals surface area contributed by atoms with Crippen molar-refractivity contribution in [2.45, 2.75) is 118 Å². The van der Waals surface area contributed by atoms with Gasteiger partial charge in [-0.2, -0.15) is 0 Å². The van der Waals surface area contributed by atoms with Crippen LogP contribution in [0.1, 0.15) is 112 Å². The molecule has 3 unspecified atom stereocenters. The van der Waals surface area contributed by atoms with Crippen LogP contribution in [0.15, 0.2) is 11.6 Å². The maximum Gasteiger partial charge on any atom is 0.244 e. The van der Waals surface area contributed by atoms with Crippen molar-refractivity contribution in [1.29, 1.82) is 0 Å². The van der Waals surface area contributed by atoms with Crippen molar-refractivity contribution in [3.8, 4) is 0 Å². The van der Waals surface area contributed by atoms with Crippen LogP contribution in [0.25, 0.3) is 0 Å². The van der Waals surface area contributed by atoms with Crippen LogP contribution >= 0.6 is 0 Å². The molecule has 0 bridgehead atoms. The Morgan fingerprint density at radius 2 is 1.60 bits per heavy atom. The Bertz CT molecular complexity index is 485. The quantitative estimate of drug-likeness (QED) is 0.290. The standard InChI is InChI=1S/C27H52N2O/c1-7-29-19-11-18-26(21-29)28-27(30)20-25(6)17-10-16-24(5)15-9-14-23(4)13-8-12-22(2)3/h20,22-24,26H,7-19,21H2,1-6H3,(H,28,30)/b25-20+. The van der Waals surface area contributed by atoms with Gasteiger partial charge in [0, 0.05) is 18.7 Å². The number of nitrogens with one attached hydrogen (secondary N) is 1. The third-order valence-electron chi connectivity index (χ3n) is 6.82. The molecule has 0 aromatic carbocycles. The lowest BCUT2D eigenvalue weighted by molar-refractivity contribution is -0.117. The van der Waals surface area contributed by atoms with E-state index in [-0.39, 0.29) is 5.91 Å². The van der Waals surface area contributed by atoms with Crippen LogP contribution in [0.5, 0.6) is 0 Å². The van der Waals surface area contributed by atoms with Gasteiger partial charge >= 0.3 is 0 Å². The molecule has 30 heavy (non-hydrogen) atoms. The number of amides is 1. The molecule has 1 fully saturated rings. The number of likely N-dealkylation sites (tertiary alicyclic amines) is 1. The Labute approximate surface area is 188 Å². The number of allylic oxidation sites excluding steroid dienone is 1. The highest BCUT2D eigenvalue weighted by molar-refractivity contribution is 5.88. The van der Waals surface area contributed by atoms with Gasteiger partial charge < -0.3 is 10.2 Å². The molecule has 1 N–H and O–H groups in total. The monoisotopic (exact) mass is 420 g/mol. The molecular formula is C27H52N2O. The fourth-order valence-electron chi connectivity index (χ4n) is 4.71. The van der Waals surface area contributed by atoms with Gasteiger partial charge in [0.1, 0.15) is 0 Å². The zero-order valence-electron chi connectivity index (χ0n) is 21.1. The molecule has 3 heteroatoms. The van der Waals surface area contributed by atoms with Gasteiger partial charge in [0.25, 0.3) is 0 Å². The molecule has 176 valence electrons. The van der Waals surface area contributed by atoms with Crippen LogP contribution in [-0.4, -0.2) is 36.5 Å². The van der Waals surface area contributed by atoms with Crippen LogP contribution in [0.3, 0.4) is 0 Å². The fraction of sp³-hybridized carbons (Fsp3) is 0.889. The lowest BCUT2D eigenvalue weighted by Gasteiger charge is -2.32. The summed E-state index contributed by atoms with van der Waals surface area (Å²) in [5, 5.41) is 3.22. The predicted octanol–water partition coefficient (Wildman–Crippen LogP) is 6.97. The second-order valence-corrected chi connectivity index (χ2v) is 10.6. The number of piperidine rings is 1. The van der Waals surface area contributed by atoms with Crippen molar-refractivity contribution in [2.75, 3.05) is 19.6 Å². The van der Waals surface area contributed by atoms with Crippen LogP contribution in [-0.2, 0) is 4.79 Å². The number of likely N-dealkylation sites (N-methyl/N-ethyl adjacent to an activating group) is 1. The van der Waals surface area contributed by atoms with Gasteiger partial charge in [0.15, 0.2) is 0 Å².